The third-order valence-corrected chi connectivity index (χ3v) is 3.81. The molecule has 0 N–H and O–H groups in total. The van der Waals surface area contributed by atoms with E-state index in [4.69, 9.17) is 5.26 Å². The Kier molecular flexibility index (Phi) is 4.76. The average molecular weight is 296 g/mol. The van der Waals surface area contributed by atoms with Gasteiger partial charge < -0.3 is 4.81 Å². The van der Waals surface area contributed by atoms with Crippen LogP contribution in [0.2, 0.25) is 0 Å². The molecule has 0 aliphatic carbocycles. The van der Waals surface area contributed by atoms with E-state index < -0.39 is 0 Å². The predicted molar refractivity (Wildman–Crippen MR) is 96.2 cm³/mol. The first-order valence-electron chi connectivity index (χ1n) is 7.68. The van der Waals surface area contributed by atoms with Crippen LogP contribution in [0.3, 0.4) is 0 Å². The Morgan fingerprint density at radius 2 is 1.78 bits per heavy atom. The summed E-state index contributed by atoms with van der Waals surface area (Å²) in [5, 5.41) is 8.85. The molecule has 0 aromatic heterocycles. The van der Waals surface area contributed by atoms with Crippen molar-refractivity contribution in [2.24, 2.45) is 0 Å². The molecule has 0 spiro atoms. The summed E-state index contributed by atoms with van der Waals surface area (Å²) >= 11 is 0. The van der Waals surface area contributed by atoms with E-state index in [0.717, 1.165) is 12.1 Å². The van der Waals surface area contributed by atoms with Gasteiger partial charge in [-0.05, 0) is 35.5 Å². The van der Waals surface area contributed by atoms with Gasteiger partial charge in [0.15, 0.2) is 0 Å². The molecule has 0 unspecified atom stereocenters. The zero-order valence-electron chi connectivity index (χ0n) is 12.8. The monoisotopic (exact) mass is 296 g/mol. The molecule has 1 heterocycles. The van der Waals surface area contributed by atoms with Crippen molar-refractivity contribution in [3.05, 3.63) is 102 Å². The van der Waals surface area contributed by atoms with Gasteiger partial charge in [0, 0.05) is 6.54 Å². The standard InChI is InChI=1S/C20H17BN2/c22-16-19-10-8-18(9-11-19)12-14-21-13-4-5-15-23(21)17-20-6-2-1-3-7-20/h1-15H,17H2/b14-12+. The molecule has 3 heteroatoms. The fourth-order valence-corrected chi connectivity index (χ4v) is 2.55. The van der Waals surface area contributed by atoms with E-state index in [1.165, 1.54) is 5.56 Å². The summed E-state index contributed by atoms with van der Waals surface area (Å²) in [5.41, 5.74) is 3.09. The molecule has 1 aliphatic rings. The zero-order valence-corrected chi connectivity index (χ0v) is 12.8. The topological polar surface area (TPSA) is 27.0 Å². The molecule has 23 heavy (non-hydrogen) atoms. The minimum Gasteiger partial charge on any atom is -0.410 e. The third-order valence-electron chi connectivity index (χ3n) is 3.81. The highest BCUT2D eigenvalue weighted by atomic mass is 15.0. The maximum absolute atomic E-state index is 8.85. The highest BCUT2D eigenvalue weighted by Gasteiger charge is 2.16. The number of rotatable bonds is 4. The molecule has 0 atom stereocenters. The minimum absolute atomic E-state index is 0.232. The van der Waals surface area contributed by atoms with Crippen molar-refractivity contribution in [3.8, 4) is 6.07 Å². The Morgan fingerprint density at radius 1 is 1.00 bits per heavy atom. The number of benzene rings is 2. The van der Waals surface area contributed by atoms with E-state index >= 15 is 0 Å². The van der Waals surface area contributed by atoms with Crippen molar-refractivity contribution in [1.29, 1.82) is 5.26 Å². The van der Waals surface area contributed by atoms with E-state index in [2.05, 4.69) is 71.5 Å². The van der Waals surface area contributed by atoms with Gasteiger partial charge >= 0.3 is 6.85 Å². The van der Waals surface area contributed by atoms with Gasteiger partial charge in [-0.15, -0.1) is 0 Å². The molecule has 0 fully saturated rings. The lowest BCUT2D eigenvalue weighted by Gasteiger charge is -2.26. The Morgan fingerprint density at radius 3 is 2.52 bits per heavy atom. The second kappa shape index (κ2) is 7.33. The summed E-state index contributed by atoms with van der Waals surface area (Å²) in [4.78, 5) is 2.30. The van der Waals surface area contributed by atoms with Crippen molar-refractivity contribution in [3.63, 3.8) is 0 Å². The van der Waals surface area contributed by atoms with Crippen LogP contribution in [0.4, 0.5) is 0 Å². The maximum Gasteiger partial charge on any atom is 0.308 e. The van der Waals surface area contributed by atoms with Crippen molar-refractivity contribution in [2.45, 2.75) is 6.54 Å². The van der Waals surface area contributed by atoms with Gasteiger partial charge in [0.25, 0.3) is 0 Å². The van der Waals surface area contributed by atoms with Gasteiger partial charge in [-0.3, -0.25) is 0 Å². The Hall–Kier alpha value is -2.99. The SMILES string of the molecule is N#Cc1ccc(/C=C/B2C=CC=CN2Cc2ccccc2)cc1. The fourth-order valence-electron chi connectivity index (χ4n) is 2.55. The van der Waals surface area contributed by atoms with Gasteiger partial charge in [0.1, 0.15) is 0 Å². The molecular weight excluding hydrogens is 279 g/mol. The summed E-state index contributed by atoms with van der Waals surface area (Å²) in [7, 11) is 0. The summed E-state index contributed by atoms with van der Waals surface area (Å²) in [5.74, 6) is 4.37. The molecule has 110 valence electrons. The normalized spacial score (nSPS) is 13.5. The number of nitrogens with zero attached hydrogens (tertiary/aromatic N) is 2. The molecule has 3 rings (SSSR count). The van der Waals surface area contributed by atoms with Gasteiger partial charge in [-0.1, -0.05) is 66.6 Å². The lowest BCUT2D eigenvalue weighted by Crippen LogP contribution is -2.33. The van der Waals surface area contributed by atoms with Crippen LogP contribution in [0.25, 0.3) is 6.08 Å². The van der Waals surface area contributed by atoms with Crippen molar-refractivity contribution >= 4 is 12.9 Å². The molecule has 0 saturated heterocycles. The van der Waals surface area contributed by atoms with Gasteiger partial charge in [-0.25, -0.2) is 0 Å². The van der Waals surface area contributed by atoms with Gasteiger partial charge in [-0.2, -0.15) is 5.26 Å². The van der Waals surface area contributed by atoms with Crippen LogP contribution >= 0.6 is 0 Å². The number of nitriles is 1. The first-order chi connectivity index (χ1) is 11.3. The highest BCUT2D eigenvalue weighted by Crippen LogP contribution is 2.13. The van der Waals surface area contributed by atoms with Gasteiger partial charge in [0.2, 0.25) is 0 Å². The number of hydrogen-bond donors (Lipinski definition) is 0. The van der Waals surface area contributed by atoms with Crippen molar-refractivity contribution < 1.29 is 0 Å². The van der Waals surface area contributed by atoms with Crippen LogP contribution in [0.15, 0.2) is 84.9 Å². The van der Waals surface area contributed by atoms with E-state index in [1.54, 1.807) is 0 Å². The first-order valence-corrected chi connectivity index (χ1v) is 7.68. The largest absolute Gasteiger partial charge is 0.410 e. The molecule has 0 saturated carbocycles. The fraction of sp³-hybridized carbons (Fsp3) is 0.0500. The van der Waals surface area contributed by atoms with E-state index in [0.29, 0.717) is 5.56 Å². The van der Waals surface area contributed by atoms with Crippen LogP contribution in [-0.4, -0.2) is 11.7 Å². The van der Waals surface area contributed by atoms with Crippen LogP contribution in [0.5, 0.6) is 0 Å². The summed E-state index contributed by atoms with van der Waals surface area (Å²) in [6.45, 7) is 1.11. The summed E-state index contributed by atoms with van der Waals surface area (Å²) in [6.07, 6.45) is 8.37. The smallest absolute Gasteiger partial charge is 0.308 e. The van der Waals surface area contributed by atoms with Crippen LogP contribution in [0, 0.1) is 11.3 Å². The van der Waals surface area contributed by atoms with Crippen molar-refractivity contribution in [1.82, 2.24) is 4.81 Å². The van der Waals surface area contributed by atoms with E-state index in [9.17, 15) is 0 Å². The number of hydrogen-bond acceptors (Lipinski definition) is 2. The molecule has 2 aromatic rings. The molecule has 2 aromatic carbocycles. The second-order valence-corrected chi connectivity index (χ2v) is 5.47. The Labute approximate surface area is 137 Å². The molecule has 0 radical (unpaired) electrons. The van der Waals surface area contributed by atoms with Crippen molar-refractivity contribution in [2.75, 3.05) is 0 Å². The first kappa shape index (κ1) is 14.9. The lowest BCUT2D eigenvalue weighted by molar-refractivity contribution is 0.577. The van der Waals surface area contributed by atoms with Gasteiger partial charge in [0.05, 0.1) is 11.6 Å². The molecular formula is C20H17BN2. The third kappa shape index (κ3) is 4.02. The van der Waals surface area contributed by atoms with E-state index in [-0.39, 0.29) is 6.85 Å². The predicted octanol–water partition coefficient (Wildman–Crippen LogP) is 4.23. The minimum atomic E-state index is 0.232. The van der Waals surface area contributed by atoms with Crippen LogP contribution in [-0.2, 0) is 6.54 Å². The van der Waals surface area contributed by atoms with E-state index in [1.807, 2.05) is 30.3 Å². The highest BCUT2D eigenvalue weighted by molar-refractivity contribution is 6.67. The van der Waals surface area contributed by atoms with Crippen LogP contribution < -0.4 is 0 Å². The maximum atomic E-state index is 8.85. The molecule has 1 aliphatic heterocycles. The molecule has 0 bridgehead atoms. The quantitative estimate of drug-likeness (QED) is 0.790. The second-order valence-electron chi connectivity index (χ2n) is 5.47. The zero-order chi connectivity index (χ0) is 15.9. The lowest BCUT2D eigenvalue weighted by atomic mass is 9.59. The average Bonchev–Trinajstić information content (AvgIpc) is 2.62. The van der Waals surface area contributed by atoms with Crippen LogP contribution in [0.1, 0.15) is 16.7 Å². The number of allylic oxidation sites excluding steroid dienone is 2. The molecule has 0 amide bonds. The summed E-state index contributed by atoms with van der Waals surface area (Å²) < 4.78 is 0. The Bertz CT molecular complexity index is 768. The molecule has 2 nitrogen and oxygen atoms in total. The summed E-state index contributed by atoms with van der Waals surface area (Å²) in [6, 6.07) is 20.2. The Balaban J connectivity index is 1.71.